The van der Waals surface area contributed by atoms with Gasteiger partial charge in [0.05, 0.1) is 1.37 Å². The van der Waals surface area contributed by atoms with Gasteiger partial charge >= 0.3 is 6.11 Å². The van der Waals surface area contributed by atoms with Crippen LogP contribution in [0, 0.1) is 0 Å². The second kappa shape index (κ2) is 1.34. The molecule has 1 aliphatic rings. The molecule has 1 nitrogen and oxygen atoms in total. The van der Waals surface area contributed by atoms with Crippen LogP contribution in [0.1, 0.15) is 2.74 Å². The summed E-state index contributed by atoms with van der Waals surface area (Å²) >= 11 is 0. The Morgan fingerprint density at radius 2 is 2.00 bits per heavy atom. The van der Waals surface area contributed by atoms with E-state index < -0.39 is 18.6 Å². The molecule has 1 heterocycles. The number of rotatable bonds is 0. The normalized spacial score (nSPS) is 65.5. The van der Waals surface area contributed by atoms with Gasteiger partial charge in [0, 0.05) is 0 Å². The summed E-state index contributed by atoms with van der Waals surface area (Å²) in [5.74, 6) is 0. The van der Waals surface area contributed by atoms with Crippen LogP contribution in [0.3, 0.4) is 0 Å². The summed E-state index contributed by atoms with van der Waals surface area (Å²) in [4.78, 5) is 0. The lowest BCUT2D eigenvalue weighted by Gasteiger charge is -2.32. The minimum absolute atomic E-state index is 2.83. The summed E-state index contributed by atoms with van der Waals surface area (Å²) in [6, 6.07) is 0. The smallest absolute Gasteiger partial charge is 0.280 e. The first-order valence-electron chi connectivity index (χ1n) is 2.66. The van der Waals surface area contributed by atoms with E-state index in [2.05, 4.69) is 4.74 Å². The molecule has 0 saturated carbocycles. The van der Waals surface area contributed by atoms with Gasteiger partial charge in [-0.15, -0.1) is 0 Å². The number of hydrogen-bond acceptors (Lipinski definition) is 1. The molecule has 0 aromatic carbocycles. The fourth-order valence-corrected chi connectivity index (χ4v) is 0.270. The zero-order valence-electron chi connectivity index (χ0n) is 5.42. The predicted octanol–water partition coefficient (Wildman–Crippen LogP) is 1.24. The average Bonchev–Trinajstić information content (AvgIpc) is 1.61. The summed E-state index contributed by atoms with van der Waals surface area (Å²) in [7, 11) is 0. The van der Waals surface area contributed by atoms with Gasteiger partial charge in [-0.2, -0.15) is 8.78 Å². The molecule has 48 valence electrons. The van der Waals surface area contributed by atoms with Crippen molar-refractivity contribution in [2.24, 2.45) is 0 Å². The van der Waals surface area contributed by atoms with Crippen molar-refractivity contribution in [3.63, 3.8) is 0 Å². The minimum Gasteiger partial charge on any atom is -0.280 e. The van der Waals surface area contributed by atoms with Gasteiger partial charge in [-0.3, -0.25) is 4.74 Å². The molecule has 2 unspecified atom stereocenters. The highest BCUT2D eigenvalue weighted by Crippen LogP contribution is 2.38. The van der Waals surface area contributed by atoms with E-state index in [-0.39, 0.29) is 0 Å². The Bertz CT molecular complexity index is 152. The molecule has 1 fully saturated rings. The molecule has 0 bridgehead atoms. The molecule has 0 aromatic heterocycles. The lowest BCUT2D eigenvalue weighted by Crippen LogP contribution is -2.54. The van der Waals surface area contributed by atoms with Gasteiger partial charge in [0.15, 0.2) is 0 Å². The monoisotopic (exact) mass is 132 g/mol. The molecule has 2 atom stereocenters. The van der Waals surface area contributed by atoms with E-state index in [1.807, 2.05) is 0 Å². The van der Waals surface area contributed by atoms with Crippen molar-refractivity contribution >= 4 is 0 Å². The van der Waals surface area contributed by atoms with Gasteiger partial charge in [-0.05, 0) is 0 Å². The molecule has 0 radical (unpaired) electrons. The largest absolute Gasteiger partial charge is 0.394 e. The Balaban J connectivity index is 2.85. The van der Waals surface area contributed by atoms with Crippen LogP contribution in [0.5, 0.6) is 0 Å². The fraction of sp³-hybridized carbons (Fsp3) is 1.00. The van der Waals surface area contributed by atoms with Crippen LogP contribution < -0.4 is 0 Å². The van der Waals surface area contributed by atoms with Gasteiger partial charge in [-0.25, -0.2) is 8.78 Å². The van der Waals surface area contributed by atoms with Crippen molar-refractivity contribution in [2.75, 3.05) is 0 Å². The molecule has 0 spiro atoms. The lowest BCUT2D eigenvalue weighted by atomic mass is 10.3. The molecule has 1 saturated heterocycles. The second-order valence-corrected chi connectivity index (χ2v) is 1.21. The van der Waals surface area contributed by atoms with Gasteiger partial charge in [0.1, 0.15) is 1.37 Å². The fourth-order valence-electron chi connectivity index (χ4n) is 0.270. The first kappa shape index (κ1) is 3.66. The third-order valence-corrected chi connectivity index (χ3v) is 0.646. The van der Waals surface area contributed by atoms with E-state index in [0.29, 0.717) is 0 Å². The lowest BCUT2D eigenvalue weighted by molar-refractivity contribution is -0.422. The number of halogens is 4. The summed E-state index contributed by atoms with van der Waals surface area (Å²) < 4.78 is 62.0. The Morgan fingerprint density at radius 3 is 2.00 bits per heavy atom. The van der Waals surface area contributed by atoms with Crippen molar-refractivity contribution in [1.29, 1.82) is 0 Å². The zero-order chi connectivity index (χ0) is 8.21. The maximum atomic E-state index is 12.0. The van der Waals surface area contributed by atoms with Crippen LogP contribution in [0.15, 0.2) is 0 Å². The Kier molecular flexibility index (Phi) is 0.613. The summed E-state index contributed by atoms with van der Waals surface area (Å²) in [6.07, 6.45) is -12.8. The van der Waals surface area contributed by atoms with Crippen molar-refractivity contribution < 1.29 is 25.0 Å². The zero-order valence-corrected chi connectivity index (χ0v) is 3.42. The van der Waals surface area contributed by atoms with Crippen LogP contribution in [0.4, 0.5) is 17.6 Å². The second-order valence-electron chi connectivity index (χ2n) is 1.21. The number of ether oxygens (including phenoxy) is 1. The highest BCUT2D eigenvalue weighted by Gasteiger charge is 2.60. The van der Waals surface area contributed by atoms with Gasteiger partial charge in [0.2, 0.25) is 12.5 Å². The molecule has 0 aliphatic carbocycles. The Labute approximate surface area is 45.0 Å². The summed E-state index contributed by atoms with van der Waals surface area (Å²) in [5, 5.41) is 0. The van der Waals surface area contributed by atoms with E-state index in [9.17, 15) is 17.6 Å². The maximum Gasteiger partial charge on any atom is 0.394 e. The van der Waals surface area contributed by atoms with Gasteiger partial charge in [-0.1, -0.05) is 0 Å². The molecule has 0 N–H and O–H groups in total. The predicted molar refractivity (Wildman–Crippen MR) is 15.8 cm³/mol. The minimum atomic E-state index is -4.51. The first-order chi connectivity index (χ1) is 4.21. The average molecular weight is 132 g/mol. The molecule has 1 rings (SSSR count). The van der Waals surface area contributed by atoms with E-state index in [4.69, 9.17) is 2.74 Å². The Morgan fingerprint density at radius 1 is 1.50 bits per heavy atom. The quantitative estimate of drug-likeness (QED) is 0.450. The van der Waals surface area contributed by atoms with Crippen LogP contribution in [0.25, 0.3) is 0 Å². The van der Waals surface area contributed by atoms with Crippen molar-refractivity contribution in [3.8, 4) is 0 Å². The summed E-state index contributed by atoms with van der Waals surface area (Å²) in [6.45, 7) is 0. The molecular weight excluding hydrogens is 128 g/mol. The van der Waals surface area contributed by atoms with Crippen LogP contribution in [0.2, 0.25) is 0 Å². The van der Waals surface area contributed by atoms with E-state index >= 15 is 0 Å². The molecular formula is C3H2F4O. The van der Waals surface area contributed by atoms with E-state index in [1.165, 1.54) is 0 Å². The number of hydrogen-bond donors (Lipinski definition) is 0. The van der Waals surface area contributed by atoms with Gasteiger partial charge < -0.3 is 0 Å². The molecule has 0 amide bonds. The molecule has 8 heavy (non-hydrogen) atoms. The highest BCUT2D eigenvalue weighted by atomic mass is 19.3. The SMILES string of the molecule is [2H]C1(F)OC(F)(F)C1([2H])F. The standard InChI is InChI=1S/C3H2F4O/c4-1-2(5)8-3(1,6)7/h1-2H/i1D,2D. The third-order valence-electron chi connectivity index (χ3n) is 0.646. The van der Waals surface area contributed by atoms with E-state index in [0.717, 1.165) is 0 Å². The van der Waals surface area contributed by atoms with Crippen molar-refractivity contribution in [1.82, 2.24) is 0 Å². The Hall–Kier alpha value is -0.320. The van der Waals surface area contributed by atoms with Crippen LogP contribution in [-0.4, -0.2) is 18.6 Å². The van der Waals surface area contributed by atoms with Crippen molar-refractivity contribution in [3.05, 3.63) is 0 Å². The molecule has 0 aromatic rings. The van der Waals surface area contributed by atoms with Gasteiger partial charge in [0.25, 0.3) is 0 Å². The van der Waals surface area contributed by atoms with Crippen molar-refractivity contribution in [2.45, 2.75) is 18.6 Å². The van der Waals surface area contributed by atoms with Crippen LogP contribution in [-0.2, 0) is 4.74 Å². The summed E-state index contributed by atoms with van der Waals surface area (Å²) in [5.41, 5.74) is 0. The number of alkyl halides is 4. The highest BCUT2D eigenvalue weighted by molar-refractivity contribution is 4.80. The topological polar surface area (TPSA) is 9.23 Å². The molecule has 5 heteroatoms. The van der Waals surface area contributed by atoms with Crippen LogP contribution >= 0.6 is 0 Å². The third kappa shape index (κ3) is 0.577. The molecule has 1 aliphatic heterocycles. The maximum absolute atomic E-state index is 12.0. The van der Waals surface area contributed by atoms with E-state index in [1.54, 1.807) is 0 Å². The first-order valence-corrected chi connectivity index (χ1v) is 1.66.